The minimum Gasteiger partial charge on any atom is -0.307 e. The van der Waals surface area contributed by atoms with Crippen molar-refractivity contribution < 1.29 is 12.8 Å². The van der Waals surface area contributed by atoms with Crippen LogP contribution in [0.1, 0.15) is 17.0 Å². The van der Waals surface area contributed by atoms with Crippen molar-refractivity contribution in [2.24, 2.45) is 0 Å². The molecule has 154 valence electrons. The lowest BCUT2D eigenvalue weighted by atomic mass is 9.75. The van der Waals surface area contributed by atoms with E-state index in [1.807, 2.05) is 43.3 Å². The smallest absolute Gasteiger partial charge is 0.243 e. The van der Waals surface area contributed by atoms with Gasteiger partial charge in [-0.05, 0) is 41.8 Å². The van der Waals surface area contributed by atoms with Gasteiger partial charge in [-0.2, -0.15) is 4.31 Å². The molecule has 2 bridgehead atoms. The number of sulfonamides is 1. The van der Waals surface area contributed by atoms with Gasteiger partial charge in [0.25, 0.3) is 0 Å². The maximum absolute atomic E-state index is 14.0. The molecule has 3 atom stereocenters. The molecule has 3 aromatic rings. The van der Waals surface area contributed by atoms with E-state index in [1.165, 1.54) is 6.07 Å². The number of rotatable bonds is 4. The lowest BCUT2D eigenvalue weighted by molar-refractivity contribution is 0.102. The molecule has 6 rings (SSSR count). The van der Waals surface area contributed by atoms with Gasteiger partial charge in [0.05, 0.1) is 4.90 Å². The number of hydrogen-bond acceptors (Lipinski definition) is 3. The molecule has 6 heteroatoms. The van der Waals surface area contributed by atoms with Crippen LogP contribution < -0.4 is 5.32 Å². The highest BCUT2D eigenvalue weighted by molar-refractivity contribution is 7.89. The number of nitrogens with zero attached hydrogens (tertiary/aromatic N) is 1. The van der Waals surface area contributed by atoms with Crippen molar-refractivity contribution in [3.05, 3.63) is 89.7 Å². The largest absolute Gasteiger partial charge is 0.307 e. The van der Waals surface area contributed by atoms with Crippen molar-refractivity contribution in [2.45, 2.75) is 29.8 Å². The SMILES string of the molecule is Cc1cccc(S(=O)(=O)N2C[C@@H]3N[C@H](C2)C3c2ccc(-c3ccccc3F)cc2)c1. The second-order valence-electron chi connectivity index (χ2n) is 8.15. The van der Waals surface area contributed by atoms with Crippen LogP contribution in [0, 0.1) is 12.7 Å². The van der Waals surface area contributed by atoms with E-state index in [0.717, 1.165) is 16.7 Å². The Morgan fingerprint density at radius 1 is 0.933 bits per heavy atom. The highest BCUT2D eigenvalue weighted by Gasteiger charge is 2.49. The van der Waals surface area contributed by atoms with Crippen LogP contribution in [0.2, 0.25) is 0 Å². The fourth-order valence-electron chi connectivity index (χ4n) is 4.66. The van der Waals surface area contributed by atoms with Gasteiger partial charge in [0.15, 0.2) is 0 Å². The predicted octanol–water partition coefficient (Wildman–Crippen LogP) is 3.93. The summed E-state index contributed by atoms with van der Waals surface area (Å²) in [5.41, 5.74) is 3.53. The molecule has 0 aromatic heterocycles. The van der Waals surface area contributed by atoms with Crippen LogP contribution in [0.25, 0.3) is 11.1 Å². The van der Waals surface area contributed by atoms with Gasteiger partial charge in [-0.1, -0.05) is 54.6 Å². The van der Waals surface area contributed by atoms with Gasteiger partial charge in [-0.3, -0.25) is 0 Å². The fraction of sp³-hybridized carbons (Fsp3) is 0.250. The second-order valence-corrected chi connectivity index (χ2v) is 10.1. The van der Waals surface area contributed by atoms with Crippen LogP contribution in [0.3, 0.4) is 0 Å². The van der Waals surface area contributed by atoms with Gasteiger partial charge in [0, 0.05) is 36.7 Å². The molecular formula is C24H23FN2O2S. The maximum atomic E-state index is 14.0. The highest BCUT2D eigenvalue weighted by atomic mass is 32.2. The van der Waals surface area contributed by atoms with Gasteiger partial charge in [0.1, 0.15) is 5.82 Å². The summed E-state index contributed by atoms with van der Waals surface area (Å²) >= 11 is 0. The number of nitrogens with one attached hydrogen (secondary N) is 1. The zero-order valence-corrected chi connectivity index (χ0v) is 17.4. The summed E-state index contributed by atoms with van der Waals surface area (Å²) in [6.07, 6.45) is 0. The van der Waals surface area contributed by atoms with Gasteiger partial charge in [0.2, 0.25) is 10.0 Å². The number of benzene rings is 3. The summed E-state index contributed by atoms with van der Waals surface area (Å²) < 4.78 is 41.7. The molecule has 4 nitrogen and oxygen atoms in total. The van der Waals surface area contributed by atoms with Crippen LogP contribution in [0.15, 0.2) is 77.7 Å². The third-order valence-corrected chi connectivity index (χ3v) is 8.03. The van der Waals surface area contributed by atoms with Crippen molar-refractivity contribution in [3.8, 4) is 11.1 Å². The minimum absolute atomic E-state index is 0.0858. The van der Waals surface area contributed by atoms with Gasteiger partial charge < -0.3 is 5.32 Å². The monoisotopic (exact) mass is 422 g/mol. The first-order valence-electron chi connectivity index (χ1n) is 10.1. The van der Waals surface area contributed by atoms with Crippen molar-refractivity contribution in [3.63, 3.8) is 0 Å². The number of piperidine rings is 1. The molecule has 1 N–H and O–H groups in total. The number of aryl methyl sites for hydroxylation is 1. The van der Waals surface area contributed by atoms with E-state index in [1.54, 1.807) is 34.6 Å². The molecule has 3 aromatic carbocycles. The van der Waals surface area contributed by atoms with Crippen LogP contribution in [0.5, 0.6) is 0 Å². The van der Waals surface area contributed by atoms with Crippen molar-refractivity contribution in [2.75, 3.05) is 13.1 Å². The zero-order chi connectivity index (χ0) is 20.9. The average Bonchev–Trinajstić information content (AvgIpc) is 2.75. The number of piperazine rings is 1. The lowest BCUT2D eigenvalue weighted by Gasteiger charge is -2.54. The van der Waals surface area contributed by atoms with E-state index in [0.29, 0.717) is 23.5 Å². The summed E-state index contributed by atoms with van der Waals surface area (Å²) in [6, 6.07) is 22.0. The standard InChI is InChI=1S/C24H23FN2O2S/c1-16-5-4-6-19(13-16)30(28,29)27-14-22-24(23(15-27)26-22)18-11-9-17(10-12-18)20-7-2-3-8-21(20)25/h2-13,22-24,26H,14-15H2,1H3/t22-,23+,24?. The van der Waals surface area contributed by atoms with E-state index in [9.17, 15) is 12.8 Å². The van der Waals surface area contributed by atoms with Crippen molar-refractivity contribution in [1.82, 2.24) is 9.62 Å². The summed E-state index contributed by atoms with van der Waals surface area (Å²) in [4.78, 5) is 0.356. The molecule has 3 fully saturated rings. The zero-order valence-electron chi connectivity index (χ0n) is 16.6. The Morgan fingerprint density at radius 2 is 1.63 bits per heavy atom. The third-order valence-electron chi connectivity index (χ3n) is 6.20. The van der Waals surface area contributed by atoms with Gasteiger partial charge in [-0.25, -0.2) is 12.8 Å². The Bertz CT molecular complexity index is 1180. The van der Waals surface area contributed by atoms with Crippen LogP contribution >= 0.6 is 0 Å². The number of halogens is 1. The van der Waals surface area contributed by atoms with Crippen LogP contribution in [0.4, 0.5) is 4.39 Å². The first-order chi connectivity index (χ1) is 14.4. The summed E-state index contributed by atoms with van der Waals surface area (Å²) in [6.45, 7) is 2.80. The molecule has 0 saturated carbocycles. The fourth-order valence-corrected chi connectivity index (χ4v) is 6.25. The Kier molecular flexibility index (Phi) is 4.73. The highest BCUT2D eigenvalue weighted by Crippen LogP contribution is 2.39. The molecule has 30 heavy (non-hydrogen) atoms. The van der Waals surface area contributed by atoms with E-state index >= 15 is 0 Å². The number of fused-ring (bicyclic) bond motifs is 2. The van der Waals surface area contributed by atoms with E-state index in [4.69, 9.17) is 0 Å². The summed E-state index contributed by atoms with van der Waals surface area (Å²) in [7, 11) is -3.49. The molecule has 0 spiro atoms. The Hall–Kier alpha value is -2.54. The molecule has 0 aliphatic carbocycles. The van der Waals surface area contributed by atoms with Gasteiger partial charge in [-0.15, -0.1) is 0 Å². The maximum Gasteiger partial charge on any atom is 0.243 e. The Labute approximate surface area is 176 Å². The normalized spacial score (nSPS) is 23.7. The minimum atomic E-state index is -3.49. The van der Waals surface area contributed by atoms with Crippen molar-refractivity contribution >= 4 is 10.0 Å². The molecule has 3 saturated heterocycles. The Balaban J connectivity index is 1.34. The predicted molar refractivity (Wildman–Crippen MR) is 115 cm³/mol. The van der Waals surface area contributed by atoms with Crippen molar-refractivity contribution in [1.29, 1.82) is 0 Å². The van der Waals surface area contributed by atoms with Crippen LogP contribution in [-0.4, -0.2) is 37.9 Å². The molecule has 3 aliphatic heterocycles. The second kappa shape index (κ2) is 7.30. The molecular weight excluding hydrogens is 399 g/mol. The molecule has 0 amide bonds. The molecule has 1 unspecified atom stereocenters. The quantitative estimate of drug-likeness (QED) is 0.693. The first kappa shape index (κ1) is 19.4. The van der Waals surface area contributed by atoms with Gasteiger partial charge >= 0.3 is 0 Å². The molecule has 0 radical (unpaired) electrons. The summed E-state index contributed by atoms with van der Waals surface area (Å²) in [5, 5.41) is 3.48. The number of hydrogen-bond donors (Lipinski definition) is 1. The van der Waals surface area contributed by atoms with E-state index in [2.05, 4.69) is 5.32 Å². The van der Waals surface area contributed by atoms with E-state index < -0.39 is 10.0 Å². The van der Waals surface area contributed by atoms with Crippen LogP contribution in [-0.2, 0) is 10.0 Å². The topological polar surface area (TPSA) is 49.4 Å². The molecule has 3 heterocycles. The first-order valence-corrected chi connectivity index (χ1v) is 11.6. The summed E-state index contributed by atoms with van der Waals surface area (Å²) in [5.74, 6) is 0.0352. The average molecular weight is 423 g/mol. The Morgan fingerprint density at radius 3 is 2.30 bits per heavy atom. The third kappa shape index (κ3) is 3.25. The molecule has 3 aliphatic rings. The lowest BCUT2D eigenvalue weighted by Crippen LogP contribution is -2.72. The van der Waals surface area contributed by atoms with E-state index in [-0.39, 0.29) is 23.8 Å².